The van der Waals surface area contributed by atoms with E-state index in [9.17, 15) is 0 Å². The molecular formula is C48H35NS. The topological polar surface area (TPSA) is 4.93 Å². The second-order valence-electron chi connectivity index (χ2n) is 15.3. The van der Waals surface area contributed by atoms with Gasteiger partial charge in [0, 0.05) is 47.5 Å². The third kappa shape index (κ3) is 3.57. The molecule has 0 saturated heterocycles. The molecule has 0 N–H and O–H groups in total. The fourth-order valence-corrected chi connectivity index (χ4v) is 10.6. The van der Waals surface area contributed by atoms with Crippen LogP contribution >= 0.6 is 11.3 Å². The number of nitrogens with zero attached hydrogens (tertiary/aromatic N) is 1. The average Bonchev–Trinajstić information content (AvgIpc) is 3.82. The quantitative estimate of drug-likeness (QED) is 0.174. The first-order valence-corrected chi connectivity index (χ1v) is 18.5. The smallest absolute Gasteiger partial charge is 0.0548 e. The summed E-state index contributed by atoms with van der Waals surface area (Å²) in [4.78, 5) is 0. The average molecular weight is 658 g/mol. The Bertz CT molecular complexity index is 2930. The van der Waals surface area contributed by atoms with Crippen LogP contribution in [0.5, 0.6) is 0 Å². The van der Waals surface area contributed by atoms with Crippen molar-refractivity contribution in [2.24, 2.45) is 0 Å². The normalized spacial score (nSPS) is 15.1. The minimum Gasteiger partial charge on any atom is -0.309 e. The second-order valence-corrected chi connectivity index (χ2v) is 16.4. The van der Waals surface area contributed by atoms with Crippen molar-refractivity contribution in [3.63, 3.8) is 0 Å². The largest absolute Gasteiger partial charge is 0.309 e. The highest BCUT2D eigenvalue weighted by Gasteiger charge is 2.36. The summed E-state index contributed by atoms with van der Waals surface area (Å²) >= 11 is 1.90. The number of thiophene rings is 1. The van der Waals surface area contributed by atoms with Crippen LogP contribution in [0, 0.1) is 0 Å². The number of hydrogen-bond donors (Lipinski definition) is 0. The van der Waals surface area contributed by atoms with E-state index in [4.69, 9.17) is 0 Å². The van der Waals surface area contributed by atoms with E-state index in [1.165, 1.54) is 103 Å². The van der Waals surface area contributed by atoms with Crippen molar-refractivity contribution in [2.75, 3.05) is 0 Å². The zero-order chi connectivity index (χ0) is 33.5. The van der Waals surface area contributed by atoms with Crippen LogP contribution in [0.2, 0.25) is 0 Å². The first kappa shape index (κ1) is 28.4. The van der Waals surface area contributed by atoms with Crippen LogP contribution in [-0.4, -0.2) is 4.57 Å². The Kier molecular flexibility index (Phi) is 5.47. The molecule has 2 aliphatic carbocycles. The van der Waals surface area contributed by atoms with E-state index in [2.05, 4.69) is 172 Å². The van der Waals surface area contributed by atoms with Crippen LogP contribution in [0.1, 0.15) is 49.9 Å². The molecule has 9 aromatic rings. The highest BCUT2D eigenvalue weighted by molar-refractivity contribution is 7.26. The lowest BCUT2D eigenvalue weighted by Gasteiger charge is -2.22. The molecule has 0 fully saturated rings. The molecule has 0 aliphatic heterocycles. The first-order valence-electron chi connectivity index (χ1n) is 17.7. The maximum Gasteiger partial charge on any atom is 0.0548 e. The Morgan fingerprint density at radius 1 is 0.420 bits per heavy atom. The number of benzene rings is 7. The van der Waals surface area contributed by atoms with E-state index in [0.29, 0.717) is 0 Å². The maximum atomic E-state index is 2.52. The molecule has 2 heterocycles. The summed E-state index contributed by atoms with van der Waals surface area (Å²) in [5, 5.41) is 5.35. The minimum absolute atomic E-state index is 0.0369. The lowest BCUT2D eigenvalue weighted by atomic mass is 9.81. The molecule has 50 heavy (non-hydrogen) atoms. The third-order valence-electron chi connectivity index (χ3n) is 12.0. The Morgan fingerprint density at radius 3 is 1.76 bits per heavy atom. The Labute approximate surface area is 296 Å². The molecule has 2 heteroatoms. The van der Waals surface area contributed by atoms with Gasteiger partial charge in [-0.05, 0) is 104 Å². The number of rotatable bonds is 2. The predicted molar refractivity (Wildman–Crippen MR) is 214 cm³/mol. The summed E-state index contributed by atoms with van der Waals surface area (Å²) in [6, 6.07) is 52.9. The van der Waals surface area contributed by atoms with E-state index < -0.39 is 0 Å². The van der Waals surface area contributed by atoms with Gasteiger partial charge in [0.1, 0.15) is 0 Å². The van der Waals surface area contributed by atoms with Gasteiger partial charge in [0.15, 0.2) is 0 Å². The molecule has 7 aromatic carbocycles. The lowest BCUT2D eigenvalue weighted by molar-refractivity contribution is 0.660. The first-order chi connectivity index (χ1) is 24.3. The summed E-state index contributed by atoms with van der Waals surface area (Å²) in [6.45, 7) is 9.48. The van der Waals surface area contributed by atoms with Crippen molar-refractivity contribution >= 4 is 53.3 Å². The Morgan fingerprint density at radius 2 is 1.00 bits per heavy atom. The van der Waals surface area contributed by atoms with Gasteiger partial charge < -0.3 is 4.57 Å². The summed E-state index contributed by atoms with van der Waals surface area (Å²) in [6.07, 6.45) is 0. The molecule has 0 unspecified atom stereocenters. The molecular weight excluding hydrogens is 623 g/mol. The fourth-order valence-electron chi connectivity index (χ4n) is 9.50. The molecule has 11 rings (SSSR count). The number of aromatic nitrogens is 1. The molecule has 1 nitrogen and oxygen atoms in total. The monoisotopic (exact) mass is 657 g/mol. The molecule has 0 atom stereocenters. The molecule has 2 aromatic heterocycles. The predicted octanol–water partition coefficient (Wildman–Crippen LogP) is 13.4. The van der Waals surface area contributed by atoms with Crippen LogP contribution in [-0.2, 0) is 10.8 Å². The summed E-state index contributed by atoms with van der Waals surface area (Å²) in [7, 11) is 0. The minimum atomic E-state index is -0.0638. The highest BCUT2D eigenvalue weighted by Crippen LogP contribution is 2.52. The molecule has 0 radical (unpaired) electrons. The molecule has 0 saturated carbocycles. The summed E-state index contributed by atoms with van der Waals surface area (Å²) in [5.74, 6) is 0. The molecule has 0 bridgehead atoms. The standard InChI is InChI=1S/C48H35NS/c1-47(2)37-14-8-5-11-31(37)33-20-17-29(26-39(33)47)28-18-22-41-36(25-28)45-42(23-24-44-46(45)35-13-7-10-16-43(35)50-44)49(41)30-19-21-34-32-12-6-9-15-38(32)48(3,4)40(34)27-30/h5-27H,1-4H3. The zero-order valence-corrected chi connectivity index (χ0v) is 29.5. The van der Waals surface area contributed by atoms with E-state index in [0.717, 1.165) is 0 Å². The lowest BCUT2D eigenvalue weighted by Crippen LogP contribution is -2.15. The van der Waals surface area contributed by atoms with Crippen molar-refractivity contribution in [3.8, 4) is 39.1 Å². The maximum absolute atomic E-state index is 2.52. The summed E-state index contributed by atoms with van der Waals surface area (Å²) < 4.78 is 5.19. The molecule has 2 aliphatic rings. The van der Waals surface area contributed by atoms with Crippen LogP contribution < -0.4 is 0 Å². The molecule has 238 valence electrons. The van der Waals surface area contributed by atoms with Gasteiger partial charge in [-0.25, -0.2) is 0 Å². The van der Waals surface area contributed by atoms with Crippen molar-refractivity contribution in [1.82, 2.24) is 4.57 Å². The third-order valence-corrected chi connectivity index (χ3v) is 13.1. The zero-order valence-electron chi connectivity index (χ0n) is 28.6. The van der Waals surface area contributed by atoms with Gasteiger partial charge in [0.05, 0.1) is 11.0 Å². The number of fused-ring (bicyclic) bond motifs is 13. The summed E-state index contributed by atoms with van der Waals surface area (Å²) in [5.41, 5.74) is 17.2. The molecule has 0 spiro atoms. The SMILES string of the molecule is CC1(C)c2ccccc2-c2ccc(-c3ccc4c(c3)c3c5c(ccc3n4-c3ccc4c(c3)C(C)(C)c3ccccc3-4)sc3ccccc35)cc21. The highest BCUT2D eigenvalue weighted by atomic mass is 32.1. The molecule has 0 amide bonds. The van der Waals surface area contributed by atoms with Gasteiger partial charge in [0.2, 0.25) is 0 Å². The van der Waals surface area contributed by atoms with Gasteiger partial charge in [-0.1, -0.05) is 119 Å². The fraction of sp³-hybridized carbons (Fsp3) is 0.125. The van der Waals surface area contributed by atoms with Crippen LogP contribution in [0.15, 0.2) is 140 Å². The Balaban J connectivity index is 1.18. The van der Waals surface area contributed by atoms with E-state index in [1.807, 2.05) is 11.3 Å². The van der Waals surface area contributed by atoms with Crippen molar-refractivity contribution in [1.29, 1.82) is 0 Å². The van der Waals surface area contributed by atoms with Crippen LogP contribution in [0.25, 0.3) is 81.0 Å². The van der Waals surface area contributed by atoms with Gasteiger partial charge in [-0.15, -0.1) is 11.3 Å². The van der Waals surface area contributed by atoms with Gasteiger partial charge in [-0.3, -0.25) is 0 Å². The van der Waals surface area contributed by atoms with Gasteiger partial charge >= 0.3 is 0 Å². The van der Waals surface area contributed by atoms with Crippen molar-refractivity contribution < 1.29 is 0 Å². The van der Waals surface area contributed by atoms with E-state index >= 15 is 0 Å². The van der Waals surface area contributed by atoms with E-state index in [1.54, 1.807) is 0 Å². The van der Waals surface area contributed by atoms with Crippen LogP contribution in [0.4, 0.5) is 0 Å². The van der Waals surface area contributed by atoms with E-state index in [-0.39, 0.29) is 10.8 Å². The Hall–Kier alpha value is -5.44. The van der Waals surface area contributed by atoms with Gasteiger partial charge in [-0.2, -0.15) is 0 Å². The van der Waals surface area contributed by atoms with Crippen molar-refractivity contribution in [2.45, 2.75) is 38.5 Å². The van der Waals surface area contributed by atoms with Gasteiger partial charge in [0.25, 0.3) is 0 Å². The van der Waals surface area contributed by atoms with Crippen LogP contribution in [0.3, 0.4) is 0 Å². The second kappa shape index (κ2) is 9.62. The number of hydrogen-bond acceptors (Lipinski definition) is 1. The van der Waals surface area contributed by atoms with Crippen molar-refractivity contribution in [3.05, 3.63) is 162 Å².